The van der Waals surface area contributed by atoms with Crippen LogP contribution >= 0.6 is 12.4 Å². The summed E-state index contributed by atoms with van der Waals surface area (Å²) in [5, 5.41) is 14.0. The maximum atomic E-state index is 12.3. The number of carbonyl (C=O) groups is 1. The van der Waals surface area contributed by atoms with Gasteiger partial charge in [-0.1, -0.05) is 0 Å². The summed E-state index contributed by atoms with van der Waals surface area (Å²) in [6.07, 6.45) is 0.845. The molecule has 1 aromatic heterocycles. The van der Waals surface area contributed by atoms with Crippen molar-refractivity contribution in [3.05, 3.63) is 38.9 Å². The number of nitrogens with zero attached hydrogens (tertiary/aromatic N) is 3. The summed E-state index contributed by atoms with van der Waals surface area (Å²) in [6, 6.07) is 4.24. The van der Waals surface area contributed by atoms with Gasteiger partial charge in [-0.05, 0) is 19.4 Å². The number of benzene rings is 1. The largest absolute Gasteiger partial charge is 0.419 e. The summed E-state index contributed by atoms with van der Waals surface area (Å²) in [5.74, 6) is -0.496. The SMILES string of the molecule is CC1CNCCN1C(=O)CCCn1c(=O)oc2cc([N+](=O)[O-])ccc21.Cl. The molecule has 0 spiro atoms. The van der Waals surface area contributed by atoms with Crippen LogP contribution < -0.4 is 11.1 Å². The number of aryl methyl sites for hydroxylation is 1. The van der Waals surface area contributed by atoms with Crippen LogP contribution in [0.25, 0.3) is 11.1 Å². The van der Waals surface area contributed by atoms with E-state index in [0.717, 1.165) is 13.1 Å². The van der Waals surface area contributed by atoms with E-state index < -0.39 is 10.7 Å². The van der Waals surface area contributed by atoms with Gasteiger partial charge in [-0.25, -0.2) is 4.79 Å². The first-order valence-corrected chi connectivity index (χ1v) is 8.25. The monoisotopic (exact) mass is 384 g/mol. The summed E-state index contributed by atoms with van der Waals surface area (Å²) in [6.45, 7) is 4.61. The smallest absolute Gasteiger partial charge is 0.407 e. The van der Waals surface area contributed by atoms with E-state index in [2.05, 4.69) is 5.32 Å². The van der Waals surface area contributed by atoms with Crippen LogP contribution in [-0.2, 0) is 11.3 Å². The summed E-state index contributed by atoms with van der Waals surface area (Å²) in [5.41, 5.74) is 0.552. The predicted octanol–water partition coefficient (Wildman–Crippen LogP) is 1.52. The first kappa shape index (κ1) is 19.9. The number of amides is 1. The van der Waals surface area contributed by atoms with Gasteiger partial charge in [0, 0.05) is 44.7 Å². The lowest BCUT2D eigenvalue weighted by Crippen LogP contribution is -2.52. The Morgan fingerprint density at radius 3 is 2.92 bits per heavy atom. The molecule has 0 aliphatic carbocycles. The summed E-state index contributed by atoms with van der Waals surface area (Å²) >= 11 is 0. The van der Waals surface area contributed by atoms with Gasteiger partial charge in [0.25, 0.3) is 5.69 Å². The van der Waals surface area contributed by atoms with Crippen molar-refractivity contribution in [2.24, 2.45) is 0 Å². The van der Waals surface area contributed by atoms with Crippen molar-refractivity contribution >= 4 is 35.1 Å². The van der Waals surface area contributed by atoms with Gasteiger partial charge < -0.3 is 14.6 Å². The number of aromatic nitrogens is 1. The molecule has 1 amide bonds. The van der Waals surface area contributed by atoms with Gasteiger partial charge >= 0.3 is 5.76 Å². The Morgan fingerprint density at radius 1 is 1.46 bits per heavy atom. The maximum Gasteiger partial charge on any atom is 0.419 e. The van der Waals surface area contributed by atoms with E-state index in [-0.39, 0.29) is 35.6 Å². The van der Waals surface area contributed by atoms with Gasteiger partial charge in [0.2, 0.25) is 5.91 Å². The number of non-ortho nitro benzene ring substituents is 1. The van der Waals surface area contributed by atoms with Gasteiger partial charge in [-0.15, -0.1) is 12.4 Å². The number of piperazine rings is 1. The molecule has 26 heavy (non-hydrogen) atoms. The van der Waals surface area contributed by atoms with E-state index >= 15 is 0 Å². The number of nitro groups is 1. The highest BCUT2D eigenvalue weighted by molar-refractivity contribution is 5.85. The Balaban J connectivity index is 0.00000243. The standard InChI is InChI=1S/C16H20N4O5.ClH/c1-11-10-17-6-8-18(11)15(21)3-2-7-19-13-5-4-12(20(23)24)9-14(13)25-16(19)22;/h4-5,9,11,17H,2-3,6-8,10H2,1H3;1H. The lowest BCUT2D eigenvalue weighted by atomic mass is 10.2. The molecular formula is C16H21ClN4O5. The number of oxazole rings is 1. The molecule has 1 unspecified atom stereocenters. The Kier molecular flexibility index (Phi) is 6.38. The first-order chi connectivity index (χ1) is 12.0. The fourth-order valence-corrected chi connectivity index (χ4v) is 3.12. The summed E-state index contributed by atoms with van der Waals surface area (Å²) in [7, 11) is 0. The van der Waals surface area contributed by atoms with Crippen molar-refractivity contribution in [1.29, 1.82) is 0 Å². The highest BCUT2D eigenvalue weighted by Gasteiger charge is 2.22. The van der Waals surface area contributed by atoms with E-state index in [1.54, 1.807) is 0 Å². The highest BCUT2D eigenvalue weighted by atomic mass is 35.5. The van der Waals surface area contributed by atoms with Crippen LogP contribution in [0, 0.1) is 10.1 Å². The molecule has 0 saturated carbocycles. The van der Waals surface area contributed by atoms with Crippen LogP contribution in [0.2, 0.25) is 0 Å². The van der Waals surface area contributed by atoms with Gasteiger partial charge in [0.15, 0.2) is 5.58 Å². The predicted molar refractivity (Wildman–Crippen MR) is 97.7 cm³/mol. The first-order valence-electron chi connectivity index (χ1n) is 8.25. The van der Waals surface area contributed by atoms with Crippen LogP contribution in [0.5, 0.6) is 0 Å². The zero-order chi connectivity index (χ0) is 18.0. The Morgan fingerprint density at radius 2 is 2.23 bits per heavy atom. The molecule has 10 heteroatoms. The van der Waals surface area contributed by atoms with E-state index in [0.29, 0.717) is 31.4 Å². The van der Waals surface area contributed by atoms with Crippen LogP contribution in [0.4, 0.5) is 5.69 Å². The van der Waals surface area contributed by atoms with Crippen molar-refractivity contribution in [3.8, 4) is 0 Å². The molecule has 9 nitrogen and oxygen atoms in total. The summed E-state index contributed by atoms with van der Waals surface area (Å²) in [4.78, 5) is 36.4. The van der Waals surface area contributed by atoms with Gasteiger partial charge in [0.05, 0.1) is 16.5 Å². The van der Waals surface area contributed by atoms with Crippen molar-refractivity contribution in [2.45, 2.75) is 32.4 Å². The molecule has 1 fully saturated rings. The fourth-order valence-electron chi connectivity index (χ4n) is 3.12. The number of hydrogen-bond donors (Lipinski definition) is 1. The van der Waals surface area contributed by atoms with Crippen molar-refractivity contribution in [2.75, 3.05) is 19.6 Å². The second kappa shape index (κ2) is 8.33. The van der Waals surface area contributed by atoms with E-state index in [9.17, 15) is 19.7 Å². The molecule has 1 aliphatic rings. The second-order valence-corrected chi connectivity index (χ2v) is 6.17. The minimum absolute atomic E-state index is 0. The number of hydrogen-bond acceptors (Lipinski definition) is 6. The zero-order valence-corrected chi connectivity index (χ0v) is 15.2. The Bertz CT molecular complexity index is 862. The molecule has 1 saturated heterocycles. The van der Waals surface area contributed by atoms with Crippen molar-refractivity contribution in [3.63, 3.8) is 0 Å². The molecule has 3 rings (SSSR count). The second-order valence-electron chi connectivity index (χ2n) is 6.17. The zero-order valence-electron chi connectivity index (χ0n) is 14.3. The van der Waals surface area contributed by atoms with E-state index in [4.69, 9.17) is 4.42 Å². The maximum absolute atomic E-state index is 12.3. The van der Waals surface area contributed by atoms with Gasteiger partial charge in [-0.3, -0.25) is 19.5 Å². The quantitative estimate of drug-likeness (QED) is 0.618. The number of nitro benzene ring substituents is 1. The number of carbonyl (C=O) groups excluding carboxylic acids is 1. The third-order valence-corrected chi connectivity index (χ3v) is 4.46. The average molecular weight is 385 g/mol. The molecule has 1 aromatic carbocycles. The molecule has 0 bridgehead atoms. The van der Waals surface area contributed by atoms with Crippen LogP contribution in [0.3, 0.4) is 0 Å². The van der Waals surface area contributed by atoms with E-state index in [1.165, 1.54) is 22.8 Å². The van der Waals surface area contributed by atoms with Gasteiger partial charge in [0.1, 0.15) is 0 Å². The number of nitrogens with one attached hydrogen (secondary N) is 1. The number of fused-ring (bicyclic) bond motifs is 1. The van der Waals surface area contributed by atoms with Crippen LogP contribution in [0.15, 0.2) is 27.4 Å². The molecular weight excluding hydrogens is 364 g/mol. The lowest BCUT2D eigenvalue weighted by molar-refractivity contribution is -0.384. The molecule has 0 radical (unpaired) electrons. The minimum Gasteiger partial charge on any atom is -0.407 e. The third kappa shape index (κ3) is 4.05. The Hall–Kier alpha value is -2.39. The molecule has 2 heterocycles. The van der Waals surface area contributed by atoms with Crippen LogP contribution in [0.1, 0.15) is 19.8 Å². The minimum atomic E-state index is -0.571. The average Bonchev–Trinajstić information content (AvgIpc) is 2.90. The van der Waals surface area contributed by atoms with Crippen LogP contribution in [-0.4, -0.2) is 46.0 Å². The number of halogens is 1. The molecule has 1 atom stereocenters. The summed E-state index contributed by atoms with van der Waals surface area (Å²) < 4.78 is 6.49. The third-order valence-electron chi connectivity index (χ3n) is 4.46. The number of rotatable bonds is 5. The molecule has 142 valence electrons. The van der Waals surface area contributed by atoms with E-state index in [1.807, 2.05) is 11.8 Å². The highest BCUT2D eigenvalue weighted by Crippen LogP contribution is 2.20. The van der Waals surface area contributed by atoms with Gasteiger partial charge in [-0.2, -0.15) is 0 Å². The Labute approximate surface area is 155 Å². The van der Waals surface area contributed by atoms with Crippen molar-refractivity contribution < 1.29 is 14.1 Å². The molecule has 1 N–H and O–H groups in total. The topological polar surface area (TPSA) is 111 Å². The van der Waals surface area contributed by atoms with Crippen molar-refractivity contribution in [1.82, 2.24) is 14.8 Å². The molecule has 1 aliphatic heterocycles. The normalized spacial score (nSPS) is 17.1. The fraction of sp³-hybridized carbons (Fsp3) is 0.500. The lowest BCUT2D eigenvalue weighted by Gasteiger charge is -2.34. The molecule has 2 aromatic rings.